The van der Waals surface area contributed by atoms with Gasteiger partial charge in [0.05, 0.1) is 4.47 Å². The molecule has 0 radical (unpaired) electrons. The summed E-state index contributed by atoms with van der Waals surface area (Å²) in [6.45, 7) is 2.00. The molecule has 1 aromatic heterocycles. The third-order valence-electron chi connectivity index (χ3n) is 2.05. The molecule has 66 valence electrons. The highest BCUT2D eigenvalue weighted by Crippen LogP contribution is 2.31. The normalized spacial score (nSPS) is 10.6. The Kier molecular flexibility index (Phi) is 1.96. The van der Waals surface area contributed by atoms with Gasteiger partial charge in [0.15, 0.2) is 5.75 Å². The van der Waals surface area contributed by atoms with Crippen molar-refractivity contribution in [2.24, 2.45) is 0 Å². The number of phenolic OH excluding ortho intramolecular Hbond substituents is 1. The molecule has 2 nitrogen and oxygen atoms in total. The lowest BCUT2D eigenvalue weighted by atomic mass is 10.1. The molecule has 0 saturated heterocycles. The second kappa shape index (κ2) is 3.00. The Morgan fingerprint density at radius 3 is 2.85 bits per heavy atom. The number of rotatable bonds is 0. The van der Waals surface area contributed by atoms with Crippen LogP contribution in [-0.2, 0) is 0 Å². The summed E-state index contributed by atoms with van der Waals surface area (Å²) in [6, 6.07) is 5.70. The maximum atomic E-state index is 9.67. The average molecular weight is 238 g/mol. The minimum absolute atomic E-state index is 0.209. The Bertz CT molecular complexity index is 468. The van der Waals surface area contributed by atoms with Crippen LogP contribution in [0.4, 0.5) is 0 Å². The van der Waals surface area contributed by atoms with Crippen LogP contribution in [0, 0.1) is 6.92 Å². The number of nitrogens with zero attached hydrogens (tertiary/aromatic N) is 1. The van der Waals surface area contributed by atoms with E-state index in [2.05, 4.69) is 20.9 Å². The summed E-state index contributed by atoms with van der Waals surface area (Å²) in [5.41, 5.74) is 1.77. The lowest BCUT2D eigenvalue weighted by Gasteiger charge is -2.03. The van der Waals surface area contributed by atoms with E-state index in [9.17, 15) is 5.11 Å². The van der Waals surface area contributed by atoms with Crippen LogP contribution < -0.4 is 0 Å². The van der Waals surface area contributed by atoms with E-state index >= 15 is 0 Å². The molecule has 2 rings (SSSR count). The lowest BCUT2D eigenvalue weighted by molar-refractivity contribution is 0.477. The Labute approximate surface area is 84.4 Å². The maximum absolute atomic E-state index is 9.67. The molecule has 0 aliphatic rings. The molecule has 0 unspecified atom stereocenters. The van der Waals surface area contributed by atoms with Crippen molar-refractivity contribution < 1.29 is 5.11 Å². The third kappa shape index (κ3) is 1.29. The van der Waals surface area contributed by atoms with E-state index in [0.29, 0.717) is 9.99 Å². The van der Waals surface area contributed by atoms with Crippen molar-refractivity contribution in [2.45, 2.75) is 6.92 Å². The van der Waals surface area contributed by atoms with Crippen molar-refractivity contribution in [2.75, 3.05) is 0 Å². The van der Waals surface area contributed by atoms with E-state index in [1.165, 1.54) is 0 Å². The predicted octanol–water partition coefficient (Wildman–Crippen LogP) is 3.01. The monoisotopic (exact) mass is 237 g/mol. The molecular weight excluding hydrogens is 230 g/mol. The minimum Gasteiger partial charge on any atom is -0.505 e. The summed E-state index contributed by atoms with van der Waals surface area (Å²) in [4.78, 5) is 4.12. The first kappa shape index (κ1) is 8.51. The Balaban J connectivity index is 2.94. The quantitative estimate of drug-likeness (QED) is 0.765. The highest BCUT2D eigenvalue weighted by Gasteiger charge is 2.05. The van der Waals surface area contributed by atoms with Crippen molar-refractivity contribution in [1.29, 1.82) is 0 Å². The molecule has 1 aromatic carbocycles. The molecule has 13 heavy (non-hydrogen) atoms. The highest BCUT2D eigenvalue weighted by atomic mass is 79.9. The largest absolute Gasteiger partial charge is 0.505 e. The van der Waals surface area contributed by atoms with Crippen molar-refractivity contribution >= 4 is 26.8 Å². The van der Waals surface area contributed by atoms with E-state index in [1.807, 2.05) is 25.1 Å². The molecule has 0 aliphatic heterocycles. The zero-order chi connectivity index (χ0) is 9.42. The molecule has 0 atom stereocenters. The van der Waals surface area contributed by atoms with Gasteiger partial charge in [-0.15, -0.1) is 0 Å². The summed E-state index contributed by atoms with van der Waals surface area (Å²) in [7, 11) is 0. The molecule has 3 heteroatoms. The molecule has 0 spiro atoms. The van der Waals surface area contributed by atoms with Crippen molar-refractivity contribution in [3.8, 4) is 5.75 Å². The highest BCUT2D eigenvalue weighted by molar-refractivity contribution is 9.10. The van der Waals surface area contributed by atoms with Gasteiger partial charge in [0.2, 0.25) is 0 Å². The summed E-state index contributed by atoms with van der Waals surface area (Å²) < 4.78 is 0.679. The van der Waals surface area contributed by atoms with Gasteiger partial charge in [-0.25, -0.2) is 0 Å². The maximum Gasteiger partial charge on any atom is 0.156 e. The molecule has 0 fully saturated rings. The number of pyridine rings is 1. The number of halogens is 1. The fourth-order valence-electron chi connectivity index (χ4n) is 1.32. The van der Waals surface area contributed by atoms with Gasteiger partial charge in [0.1, 0.15) is 5.52 Å². The van der Waals surface area contributed by atoms with E-state index in [1.54, 1.807) is 6.20 Å². The minimum atomic E-state index is 0.209. The summed E-state index contributed by atoms with van der Waals surface area (Å²) >= 11 is 3.25. The standard InChI is InChI=1S/C10H8BrNO/c1-6-4-5-12-9-7(6)2-3-8(11)10(9)13/h2-5,13H,1H3. The number of benzene rings is 1. The topological polar surface area (TPSA) is 33.1 Å². The average Bonchev–Trinajstić information content (AvgIpc) is 2.12. The van der Waals surface area contributed by atoms with E-state index in [-0.39, 0.29) is 5.75 Å². The van der Waals surface area contributed by atoms with Crippen LogP contribution in [0.5, 0.6) is 5.75 Å². The SMILES string of the molecule is Cc1ccnc2c(O)c(Br)ccc12. The van der Waals surface area contributed by atoms with Crippen LogP contribution in [0.15, 0.2) is 28.9 Å². The van der Waals surface area contributed by atoms with Crippen LogP contribution in [0.1, 0.15) is 5.56 Å². The van der Waals surface area contributed by atoms with Crippen LogP contribution >= 0.6 is 15.9 Å². The van der Waals surface area contributed by atoms with Gasteiger partial charge >= 0.3 is 0 Å². The molecule has 0 aliphatic carbocycles. The van der Waals surface area contributed by atoms with Crippen molar-refractivity contribution in [3.05, 3.63) is 34.4 Å². The molecular formula is C10H8BrNO. The fourth-order valence-corrected chi connectivity index (χ4v) is 1.64. The zero-order valence-corrected chi connectivity index (χ0v) is 8.67. The smallest absolute Gasteiger partial charge is 0.156 e. The van der Waals surface area contributed by atoms with Gasteiger partial charge in [-0.3, -0.25) is 4.98 Å². The van der Waals surface area contributed by atoms with E-state index in [0.717, 1.165) is 10.9 Å². The predicted molar refractivity (Wildman–Crippen MR) is 55.8 cm³/mol. The number of fused-ring (bicyclic) bond motifs is 1. The number of aryl methyl sites for hydroxylation is 1. The molecule has 0 bridgehead atoms. The molecule has 2 aromatic rings. The van der Waals surface area contributed by atoms with Crippen molar-refractivity contribution in [3.63, 3.8) is 0 Å². The first-order chi connectivity index (χ1) is 6.20. The Hall–Kier alpha value is -1.09. The number of aromatic nitrogens is 1. The number of phenols is 1. The fraction of sp³-hybridized carbons (Fsp3) is 0.100. The van der Waals surface area contributed by atoms with Gasteiger partial charge in [0, 0.05) is 11.6 Å². The van der Waals surface area contributed by atoms with E-state index in [4.69, 9.17) is 0 Å². The second-order valence-electron chi connectivity index (χ2n) is 2.92. The first-order valence-electron chi connectivity index (χ1n) is 3.93. The van der Waals surface area contributed by atoms with Crippen LogP contribution in [0.25, 0.3) is 10.9 Å². The number of aromatic hydroxyl groups is 1. The second-order valence-corrected chi connectivity index (χ2v) is 3.77. The Morgan fingerprint density at radius 2 is 2.08 bits per heavy atom. The Morgan fingerprint density at radius 1 is 1.31 bits per heavy atom. The molecule has 1 N–H and O–H groups in total. The first-order valence-corrected chi connectivity index (χ1v) is 4.72. The van der Waals surface area contributed by atoms with Gasteiger partial charge in [0.25, 0.3) is 0 Å². The number of hydrogen-bond donors (Lipinski definition) is 1. The van der Waals surface area contributed by atoms with E-state index < -0.39 is 0 Å². The van der Waals surface area contributed by atoms with Gasteiger partial charge in [-0.05, 0) is 40.5 Å². The third-order valence-corrected chi connectivity index (χ3v) is 2.69. The molecule has 0 amide bonds. The van der Waals surface area contributed by atoms with Gasteiger partial charge in [-0.1, -0.05) is 6.07 Å². The number of hydrogen-bond acceptors (Lipinski definition) is 2. The summed E-state index contributed by atoms with van der Waals surface area (Å²) in [6.07, 6.45) is 1.70. The van der Waals surface area contributed by atoms with Gasteiger partial charge < -0.3 is 5.11 Å². The van der Waals surface area contributed by atoms with Gasteiger partial charge in [-0.2, -0.15) is 0 Å². The van der Waals surface area contributed by atoms with Crippen molar-refractivity contribution in [1.82, 2.24) is 4.98 Å². The van der Waals surface area contributed by atoms with Crippen LogP contribution in [-0.4, -0.2) is 10.1 Å². The lowest BCUT2D eigenvalue weighted by Crippen LogP contribution is -1.83. The zero-order valence-electron chi connectivity index (χ0n) is 7.08. The molecule has 0 saturated carbocycles. The van der Waals surface area contributed by atoms with Crippen LogP contribution in [0.2, 0.25) is 0 Å². The summed E-state index contributed by atoms with van der Waals surface area (Å²) in [5.74, 6) is 0.209. The summed E-state index contributed by atoms with van der Waals surface area (Å²) in [5, 5.41) is 10.7. The molecule has 1 heterocycles. The van der Waals surface area contributed by atoms with Crippen LogP contribution in [0.3, 0.4) is 0 Å².